The lowest BCUT2D eigenvalue weighted by molar-refractivity contribution is 0.0784. The van der Waals surface area contributed by atoms with Gasteiger partial charge >= 0.3 is 0 Å². The number of rotatable bonds is 2. The minimum Gasteiger partial charge on any atom is -0.373 e. The number of anilines is 1. The third-order valence-corrected chi connectivity index (χ3v) is 4.17. The molecule has 1 N–H and O–H groups in total. The number of hydrogen-bond acceptors (Lipinski definition) is 3. The third kappa shape index (κ3) is 2.35. The zero-order valence-corrected chi connectivity index (χ0v) is 11.2. The van der Waals surface area contributed by atoms with Crippen molar-refractivity contribution in [3.05, 3.63) is 36.0 Å². The summed E-state index contributed by atoms with van der Waals surface area (Å²) in [5.74, 6) is 2.18. The highest BCUT2D eigenvalue weighted by molar-refractivity contribution is 5.95. The second kappa shape index (κ2) is 5.03. The Morgan fingerprint density at radius 1 is 1.32 bits per heavy atom. The summed E-state index contributed by atoms with van der Waals surface area (Å²) in [5, 5.41) is 2.97. The van der Waals surface area contributed by atoms with Crippen molar-refractivity contribution in [1.29, 1.82) is 0 Å². The fraction of sp³-hybridized carbons (Fsp3) is 0.467. The summed E-state index contributed by atoms with van der Waals surface area (Å²) in [6, 6.07) is 3.62. The van der Waals surface area contributed by atoms with Gasteiger partial charge in [0.1, 0.15) is 5.82 Å². The molecule has 0 saturated carbocycles. The number of likely N-dealkylation sites (tertiary alicyclic amines) is 1. The van der Waals surface area contributed by atoms with Crippen LogP contribution in [0.4, 0.5) is 5.82 Å². The summed E-state index contributed by atoms with van der Waals surface area (Å²) in [6.45, 7) is 1.79. The number of allylic oxidation sites excluding steroid dienone is 2. The van der Waals surface area contributed by atoms with Gasteiger partial charge < -0.3 is 10.2 Å². The number of amides is 1. The van der Waals surface area contributed by atoms with E-state index in [9.17, 15) is 4.79 Å². The largest absolute Gasteiger partial charge is 0.373 e. The molecule has 1 aromatic heterocycles. The highest BCUT2D eigenvalue weighted by Crippen LogP contribution is 2.33. The highest BCUT2D eigenvalue weighted by Gasteiger charge is 2.35. The lowest BCUT2D eigenvalue weighted by Crippen LogP contribution is -2.29. The average Bonchev–Trinajstić information content (AvgIpc) is 2.90. The van der Waals surface area contributed by atoms with E-state index >= 15 is 0 Å². The average molecular weight is 257 g/mol. The lowest BCUT2D eigenvalue weighted by Gasteiger charge is -2.17. The molecule has 1 saturated heterocycles. The number of carbonyl (C=O) groups excluding carboxylic acids is 1. The summed E-state index contributed by atoms with van der Waals surface area (Å²) in [4.78, 5) is 18.7. The Morgan fingerprint density at radius 3 is 2.63 bits per heavy atom. The van der Waals surface area contributed by atoms with Crippen LogP contribution in [0.25, 0.3) is 0 Å². The van der Waals surface area contributed by atoms with Gasteiger partial charge in [-0.05, 0) is 36.8 Å². The molecule has 19 heavy (non-hydrogen) atoms. The molecule has 1 aromatic rings. The molecule has 3 rings (SSSR count). The molecule has 4 nitrogen and oxygen atoms in total. The Balaban J connectivity index is 1.74. The van der Waals surface area contributed by atoms with Gasteiger partial charge in [0.2, 0.25) is 0 Å². The minimum atomic E-state index is 0.133. The molecule has 0 radical (unpaired) electrons. The van der Waals surface area contributed by atoms with Crippen LogP contribution in [0.5, 0.6) is 0 Å². The van der Waals surface area contributed by atoms with Crippen molar-refractivity contribution in [2.45, 2.75) is 12.8 Å². The molecule has 2 aliphatic rings. The van der Waals surface area contributed by atoms with Crippen molar-refractivity contribution >= 4 is 11.7 Å². The maximum Gasteiger partial charge on any atom is 0.254 e. The Bertz CT molecular complexity index is 496. The number of carbonyl (C=O) groups is 1. The zero-order chi connectivity index (χ0) is 13.2. The van der Waals surface area contributed by atoms with E-state index in [1.165, 1.54) is 0 Å². The van der Waals surface area contributed by atoms with Gasteiger partial charge in [0.25, 0.3) is 5.91 Å². The predicted molar refractivity (Wildman–Crippen MR) is 75.0 cm³/mol. The maximum atomic E-state index is 12.5. The monoisotopic (exact) mass is 257 g/mol. The summed E-state index contributed by atoms with van der Waals surface area (Å²) in [5.41, 5.74) is 0.728. The first kappa shape index (κ1) is 12.2. The van der Waals surface area contributed by atoms with Crippen molar-refractivity contribution < 1.29 is 4.79 Å². The molecule has 2 heterocycles. The van der Waals surface area contributed by atoms with Gasteiger partial charge in [-0.25, -0.2) is 4.98 Å². The van der Waals surface area contributed by atoms with Crippen LogP contribution in [-0.4, -0.2) is 35.9 Å². The van der Waals surface area contributed by atoms with Gasteiger partial charge in [-0.15, -0.1) is 0 Å². The molecule has 1 aliphatic heterocycles. The molecule has 1 aliphatic carbocycles. The molecule has 1 fully saturated rings. The first-order valence-corrected chi connectivity index (χ1v) is 6.86. The predicted octanol–water partition coefficient (Wildman–Crippen LogP) is 2.16. The second-order valence-electron chi connectivity index (χ2n) is 5.35. The number of hydrogen-bond donors (Lipinski definition) is 1. The van der Waals surface area contributed by atoms with E-state index in [1.54, 1.807) is 12.3 Å². The molecule has 0 spiro atoms. The molecule has 4 heteroatoms. The number of pyridine rings is 1. The van der Waals surface area contributed by atoms with Crippen LogP contribution in [0.1, 0.15) is 23.2 Å². The van der Waals surface area contributed by atoms with E-state index in [1.807, 2.05) is 18.0 Å². The summed E-state index contributed by atoms with van der Waals surface area (Å²) in [6.07, 6.45) is 8.42. The van der Waals surface area contributed by atoms with Crippen LogP contribution in [0, 0.1) is 11.8 Å². The molecule has 1 amide bonds. The van der Waals surface area contributed by atoms with Crippen LogP contribution in [0.2, 0.25) is 0 Å². The van der Waals surface area contributed by atoms with Crippen LogP contribution < -0.4 is 5.32 Å². The molecule has 0 bridgehead atoms. The summed E-state index contributed by atoms with van der Waals surface area (Å²) in [7, 11) is 1.81. The Hall–Kier alpha value is -1.84. The Kier molecular flexibility index (Phi) is 3.23. The first-order valence-electron chi connectivity index (χ1n) is 6.86. The molecule has 0 unspecified atom stereocenters. The van der Waals surface area contributed by atoms with Crippen molar-refractivity contribution in [1.82, 2.24) is 9.88 Å². The molecular formula is C15H19N3O. The van der Waals surface area contributed by atoms with E-state index in [4.69, 9.17) is 0 Å². The van der Waals surface area contributed by atoms with E-state index in [2.05, 4.69) is 22.5 Å². The number of nitrogens with zero attached hydrogens (tertiary/aromatic N) is 2. The van der Waals surface area contributed by atoms with E-state index < -0.39 is 0 Å². The summed E-state index contributed by atoms with van der Waals surface area (Å²) >= 11 is 0. The number of fused-ring (bicyclic) bond motifs is 1. The smallest absolute Gasteiger partial charge is 0.254 e. The second-order valence-corrected chi connectivity index (χ2v) is 5.35. The molecule has 0 aromatic carbocycles. The molecular weight excluding hydrogens is 238 g/mol. The lowest BCUT2D eigenvalue weighted by atomic mass is 9.86. The van der Waals surface area contributed by atoms with E-state index in [0.29, 0.717) is 11.8 Å². The first-order chi connectivity index (χ1) is 9.28. The Labute approximate surface area is 113 Å². The quantitative estimate of drug-likeness (QED) is 0.826. The van der Waals surface area contributed by atoms with E-state index in [0.717, 1.165) is 37.3 Å². The van der Waals surface area contributed by atoms with Gasteiger partial charge in [-0.3, -0.25) is 4.79 Å². The van der Waals surface area contributed by atoms with Crippen molar-refractivity contribution in [2.75, 3.05) is 25.5 Å². The van der Waals surface area contributed by atoms with Gasteiger partial charge in [0.15, 0.2) is 0 Å². The SMILES string of the molecule is CNc1cc(C(=O)N2C[C@H]3CC=CC[C@H]3C2)ccn1. The van der Waals surface area contributed by atoms with Crippen LogP contribution in [0.3, 0.4) is 0 Å². The van der Waals surface area contributed by atoms with Crippen LogP contribution in [-0.2, 0) is 0 Å². The molecule has 2 atom stereocenters. The standard InChI is InChI=1S/C15H19N3O/c1-16-14-8-11(6-7-17-14)15(19)18-9-12-4-2-3-5-13(12)10-18/h2-3,6-8,12-13H,4-5,9-10H2,1H3,(H,16,17)/t12-,13+. The van der Waals surface area contributed by atoms with Crippen LogP contribution >= 0.6 is 0 Å². The topological polar surface area (TPSA) is 45.2 Å². The zero-order valence-electron chi connectivity index (χ0n) is 11.2. The Morgan fingerprint density at radius 2 is 2.00 bits per heavy atom. The fourth-order valence-corrected chi connectivity index (χ4v) is 3.06. The van der Waals surface area contributed by atoms with Crippen molar-refractivity contribution in [2.24, 2.45) is 11.8 Å². The van der Waals surface area contributed by atoms with Crippen molar-refractivity contribution in [3.63, 3.8) is 0 Å². The summed E-state index contributed by atoms with van der Waals surface area (Å²) < 4.78 is 0. The molecule has 100 valence electrons. The maximum absolute atomic E-state index is 12.5. The minimum absolute atomic E-state index is 0.133. The third-order valence-electron chi connectivity index (χ3n) is 4.17. The fourth-order valence-electron chi connectivity index (χ4n) is 3.06. The normalized spacial score (nSPS) is 25.2. The van der Waals surface area contributed by atoms with Gasteiger partial charge in [0.05, 0.1) is 0 Å². The van der Waals surface area contributed by atoms with Gasteiger partial charge in [-0.1, -0.05) is 12.2 Å². The van der Waals surface area contributed by atoms with Gasteiger partial charge in [-0.2, -0.15) is 0 Å². The van der Waals surface area contributed by atoms with E-state index in [-0.39, 0.29) is 5.91 Å². The number of nitrogens with one attached hydrogen (secondary N) is 1. The number of aromatic nitrogens is 1. The highest BCUT2D eigenvalue weighted by atomic mass is 16.2. The van der Waals surface area contributed by atoms with Crippen molar-refractivity contribution in [3.8, 4) is 0 Å². The van der Waals surface area contributed by atoms with Gasteiger partial charge in [0, 0.05) is 31.9 Å². The van der Waals surface area contributed by atoms with Crippen LogP contribution in [0.15, 0.2) is 30.5 Å².